The quantitative estimate of drug-likeness (QED) is 0.570. The molecule has 0 N–H and O–H groups in total. The standard InChI is InChI=1S/C9H16O2/c1-6(2)4-8-5-11-9(10)7(8)3/h6-8H,4-5H2,1-3H3/t7-,8+/m0/s1. The van der Waals surface area contributed by atoms with Gasteiger partial charge in [-0.1, -0.05) is 20.8 Å². The maximum atomic E-state index is 10.9. The first kappa shape index (κ1) is 8.57. The van der Waals surface area contributed by atoms with Gasteiger partial charge in [0.1, 0.15) is 0 Å². The van der Waals surface area contributed by atoms with E-state index in [9.17, 15) is 4.79 Å². The number of esters is 1. The van der Waals surface area contributed by atoms with Crippen molar-refractivity contribution in [2.75, 3.05) is 6.61 Å². The third-order valence-corrected chi connectivity index (χ3v) is 2.29. The molecule has 0 aromatic rings. The van der Waals surface area contributed by atoms with Gasteiger partial charge in [0.25, 0.3) is 0 Å². The number of carbonyl (C=O) groups excluding carboxylic acids is 1. The molecule has 2 atom stereocenters. The highest BCUT2D eigenvalue weighted by Gasteiger charge is 2.32. The molecule has 0 spiro atoms. The Labute approximate surface area is 67.9 Å². The first-order valence-corrected chi connectivity index (χ1v) is 4.28. The molecule has 1 aliphatic rings. The van der Waals surface area contributed by atoms with Gasteiger partial charge in [-0.05, 0) is 12.3 Å². The van der Waals surface area contributed by atoms with Crippen LogP contribution in [0, 0.1) is 17.8 Å². The Morgan fingerprint density at radius 2 is 2.27 bits per heavy atom. The summed E-state index contributed by atoms with van der Waals surface area (Å²) in [5.74, 6) is 1.23. The lowest BCUT2D eigenvalue weighted by molar-refractivity contribution is -0.140. The minimum absolute atomic E-state index is 0.0179. The Balaban J connectivity index is 2.42. The first-order chi connectivity index (χ1) is 5.11. The molecule has 0 aromatic carbocycles. The van der Waals surface area contributed by atoms with E-state index >= 15 is 0 Å². The fraction of sp³-hybridized carbons (Fsp3) is 0.889. The van der Waals surface area contributed by atoms with Gasteiger partial charge in [0.05, 0.1) is 12.5 Å². The van der Waals surface area contributed by atoms with Crippen LogP contribution >= 0.6 is 0 Å². The minimum atomic E-state index is -0.0179. The normalized spacial score (nSPS) is 31.1. The molecule has 0 aromatic heterocycles. The number of ether oxygens (including phenoxy) is 1. The molecule has 0 bridgehead atoms. The topological polar surface area (TPSA) is 26.3 Å². The lowest BCUT2D eigenvalue weighted by Crippen LogP contribution is -2.13. The van der Waals surface area contributed by atoms with E-state index in [1.165, 1.54) is 0 Å². The molecule has 2 nitrogen and oxygen atoms in total. The molecular formula is C9H16O2. The number of carbonyl (C=O) groups is 1. The van der Waals surface area contributed by atoms with E-state index in [1.807, 2.05) is 6.92 Å². The summed E-state index contributed by atoms with van der Waals surface area (Å²) >= 11 is 0. The summed E-state index contributed by atoms with van der Waals surface area (Å²) in [5.41, 5.74) is 0. The average Bonchev–Trinajstić information content (AvgIpc) is 2.18. The molecular weight excluding hydrogens is 140 g/mol. The van der Waals surface area contributed by atoms with E-state index in [-0.39, 0.29) is 11.9 Å². The summed E-state index contributed by atoms with van der Waals surface area (Å²) in [6.07, 6.45) is 1.10. The predicted octanol–water partition coefficient (Wildman–Crippen LogP) is 1.84. The largest absolute Gasteiger partial charge is 0.465 e. The Hall–Kier alpha value is -0.530. The first-order valence-electron chi connectivity index (χ1n) is 4.28. The van der Waals surface area contributed by atoms with Crippen LogP contribution in [0.5, 0.6) is 0 Å². The van der Waals surface area contributed by atoms with Crippen molar-refractivity contribution in [2.45, 2.75) is 27.2 Å². The highest BCUT2D eigenvalue weighted by molar-refractivity contribution is 5.74. The van der Waals surface area contributed by atoms with Crippen LogP contribution in [-0.2, 0) is 9.53 Å². The summed E-state index contributed by atoms with van der Waals surface area (Å²) in [4.78, 5) is 10.9. The Bertz CT molecular complexity index is 152. The van der Waals surface area contributed by atoms with Gasteiger partial charge in [-0.3, -0.25) is 4.79 Å². The summed E-state index contributed by atoms with van der Waals surface area (Å²) in [6.45, 7) is 6.95. The van der Waals surface area contributed by atoms with Gasteiger partial charge >= 0.3 is 5.97 Å². The molecule has 2 heteroatoms. The second-order valence-corrected chi connectivity index (χ2v) is 3.81. The van der Waals surface area contributed by atoms with E-state index < -0.39 is 0 Å². The van der Waals surface area contributed by atoms with Gasteiger partial charge in [0.2, 0.25) is 0 Å². The van der Waals surface area contributed by atoms with E-state index in [1.54, 1.807) is 0 Å². The van der Waals surface area contributed by atoms with E-state index in [0.29, 0.717) is 18.4 Å². The van der Waals surface area contributed by atoms with E-state index in [0.717, 1.165) is 6.42 Å². The van der Waals surface area contributed by atoms with E-state index in [2.05, 4.69) is 13.8 Å². The van der Waals surface area contributed by atoms with Gasteiger partial charge in [-0.2, -0.15) is 0 Å². The molecule has 1 fully saturated rings. The smallest absolute Gasteiger partial charge is 0.309 e. The third-order valence-electron chi connectivity index (χ3n) is 2.29. The zero-order valence-corrected chi connectivity index (χ0v) is 7.46. The average molecular weight is 156 g/mol. The molecule has 0 amide bonds. The Kier molecular flexibility index (Phi) is 2.53. The summed E-state index contributed by atoms with van der Waals surface area (Å²) < 4.78 is 4.94. The van der Waals surface area contributed by atoms with Gasteiger partial charge < -0.3 is 4.74 Å². The molecule has 0 aliphatic carbocycles. The molecule has 0 saturated carbocycles. The molecule has 0 radical (unpaired) electrons. The summed E-state index contributed by atoms with van der Waals surface area (Å²) in [5, 5.41) is 0. The second-order valence-electron chi connectivity index (χ2n) is 3.81. The van der Waals surface area contributed by atoms with Crippen molar-refractivity contribution in [1.29, 1.82) is 0 Å². The van der Waals surface area contributed by atoms with Crippen LogP contribution in [0.2, 0.25) is 0 Å². The molecule has 0 unspecified atom stereocenters. The van der Waals surface area contributed by atoms with E-state index in [4.69, 9.17) is 4.74 Å². The van der Waals surface area contributed by atoms with Crippen LogP contribution < -0.4 is 0 Å². The van der Waals surface area contributed by atoms with Crippen molar-refractivity contribution in [3.63, 3.8) is 0 Å². The van der Waals surface area contributed by atoms with Crippen molar-refractivity contribution in [3.05, 3.63) is 0 Å². The fourth-order valence-electron chi connectivity index (χ4n) is 1.54. The van der Waals surface area contributed by atoms with Crippen molar-refractivity contribution in [3.8, 4) is 0 Å². The van der Waals surface area contributed by atoms with Crippen molar-refractivity contribution in [2.24, 2.45) is 17.8 Å². The number of hydrogen-bond donors (Lipinski definition) is 0. The zero-order valence-electron chi connectivity index (χ0n) is 7.46. The van der Waals surface area contributed by atoms with Gasteiger partial charge in [-0.25, -0.2) is 0 Å². The zero-order chi connectivity index (χ0) is 8.43. The maximum absolute atomic E-state index is 10.9. The van der Waals surface area contributed by atoms with Crippen LogP contribution in [0.25, 0.3) is 0 Å². The van der Waals surface area contributed by atoms with Gasteiger partial charge in [-0.15, -0.1) is 0 Å². The van der Waals surface area contributed by atoms with Crippen LogP contribution in [0.1, 0.15) is 27.2 Å². The third kappa shape index (κ3) is 1.95. The predicted molar refractivity (Wildman–Crippen MR) is 43.1 cm³/mol. The number of hydrogen-bond acceptors (Lipinski definition) is 2. The van der Waals surface area contributed by atoms with Crippen molar-refractivity contribution < 1.29 is 9.53 Å². The van der Waals surface area contributed by atoms with Crippen molar-refractivity contribution in [1.82, 2.24) is 0 Å². The molecule has 1 rings (SSSR count). The maximum Gasteiger partial charge on any atom is 0.309 e. The number of rotatable bonds is 2. The van der Waals surface area contributed by atoms with Crippen LogP contribution in [0.15, 0.2) is 0 Å². The lowest BCUT2D eigenvalue weighted by atomic mass is 9.89. The van der Waals surface area contributed by atoms with Gasteiger partial charge in [0.15, 0.2) is 0 Å². The van der Waals surface area contributed by atoms with Crippen LogP contribution in [0.3, 0.4) is 0 Å². The summed E-state index contributed by atoms with van der Waals surface area (Å²) in [7, 11) is 0. The molecule has 1 heterocycles. The lowest BCUT2D eigenvalue weighted by Gasteiger charge is -2.12. The highest BCUT2D eigenvalue weighted by atomic mass is 16.5. The monoisotopic (exact) mass is 156 g/mol. The molecule has 1 aliphatic heterocycles. The molecule has 11 heavy (non-hydrogen) atoms. The summed E-state index contributed by atoms with van der Waals surface area (Å²) in [6, 6.07) is 0. The van der Waals surface area contributed by atoms with Crippen LogP contribution in [-0.4, -0.2) is 12.6 Å². The fourth-order valence-corrected chi connectivity index (χ4v) is 1.54. The minimum Gasteiger partial charge on any atom is -0.465 e. The van der Waals surface area contributed by atoms with Crippen LogP contribution in [0.4, 0.5) is 0 Å². The Morgan fingerprint density at radius 3 is 2.64 bits per heavy atom. The molecule has 64 valence electrons. The number of cyclic esters (lactones) is 1. The Morgan fingerprint density at radius 1 is 1.64 bits per heavy atom. The molecule has 1 saturated heterocycles. The second kappa shape index (κ2) is 3.24. The van der Waals surface area contributed by atoms with Crippen molar-refractivity contribution >= 4 is 5.97 Å². The highest BCUT2D eigenvalue weighted by Crippen LogP contribution is 2.27. The van der Waals surface area contributed by atoms with Gasteiger partial charge in [0, 0.05) is 5.92 Å². The SMILES string of the molecule is CC(C)C[C@@H]1COC(=O)[C@H]1C.